The number of amidine groups is 1. The van der Waals surface area contributed by atoms with E-state index >= 15 is 0 Å². The van der Waals surface area contributed by atoms with Crippen molar-refractivity contribution in [1.29, 1.82) is 0 Å². The average molecular weight is 439 g/mol. The molecule has 2 aliphatic heterocycles. The molecule has 1 N–H and O–H groups in total. The summed E-state index contributed by atoms with van der Waals surface area (Å²) in [4.78, 5) is 22.0. The van der Waals surface area contributed by atoms with E-state index in [0.717, 1.165) is 51.3 Å². The molecule has 2 aromatic rings. The number of carbonyl (C=O) groups is 1. The van der Waals surface area contributed by atoms with Gasteiger partial charge in [0.1, 0.15) is 23.0 Å². The molecule has 168 valence electrons. The number of hydrogen-bond donors (Lipinski definition) is 1. The summed E-state index contributed by atoms with van der Waals surface area (Å²) in [5, 5.41) is 2.98. The SMILES string of the molecule is O=C1NC(=NC2CCCC2)C2(CCCN(Cc3ccccc3)C2)N1c1cc(F)cc(F)c1. The summed E-state index contributed by atoms with van der Waals surface area (Å²) in [6, 6.07) is 13.3. The van der Waals surface area contributed by atoms with Gasteiger partial charge in [-0.25, -0.2) is 13.6 Å². The average Bonchev–Trinajstić information content (AvgIpc) is 3.35. The zero-order valence-electron chi connectivity index (χ0n) is 18.1. The van der Waals surface area contributed by atoms with Crippen LogP contribution in [0, 0.1) is 11.6 Å². The number of likely N-dealkylation sites (tertiary alicyclic amines) is 1. The van der Waals surface area contributed by atoms with Gasteiger partial charge >= 0.3 is 6.03 Å². The van der Waals surface area contributed by atoms with E-state index in [9.17, 15) is 13.6 Å². The van der Waals surface area contributed by atoms with Crippen molar-refractivity contribution in [3.8, 4) is 0 Å². The van der Waals surface area contributed by atoms with Crippen LogP contribution in [0.3, 0.4) is 0 Å². The fourth-order valence-corrected chi connectivity index (χ4v) is 5.45. The molecule has 1 spiro atoms. The van der Waals surface area contributed by atoms with Crippen molar-refractivity contribution in [2.75, 3.05) is 18.0 Å². The second kappa shape index (κ2) is 8.62. The van der Waals surface area contributed by atoms with Crippen LogP contribution in [0.1, 0.15) is 44.1 Å². The monoisotopic (exact) mass is 438 g/mol. The maximum absolute atomic E-state index is 14.1. The molecule has 7 heteroatoms. The molecule has 0 aromatic heterocycles. The van der Waals surface area contributed by atoms with Crippen molar-refractivity contribution in [3.05, 3.63) is 65.7 Å². The molecule has 0 bridgehead atoms. The predicted octanol–water partition coefficient (Wildman–Crippen LogP) is 4.87. The quantitative estimate of drug-likeness (QED) is 0.740. The van der Waals surface area contributed by atoms with Crippen LogP contribution in [-0.2, 0) is 6.54 Å². The molecule has 32 heavy (non-hydrogen) atoms. The minimum atomic E-state index is -0.757. The van der Waals surface area contributed by atoms with Crippen LogP contribution >= 0.6 is 0 Å². The van der Waals surface area contributed by atoms with Crippen LogP contribution in [-0.4, -0.2) is 41.4 Å². The minimum Gasteiger partial charge on any atom is -0.296 e. The van der Waals surface area contributed by atoms with Crippen LogP contribution in [0.4, 0.5) is 19.3 Å². The Labute approximate surface area is 187 Å². The fraction of sp³-hybridized carbons (Fsp3) is 0.440. The molecule has 1 aliphatic carbocycles. The highest BCUT2D eigenvalue weighted by Crippen LogP contribution is 2.38. The van der Waals surface area contributed by atoms with E-state index in [1.165, 1.54) is 17.7 Å². The van der Waals surface area contributed by atoms with E-state index < -0.39 is 17.2 Å². The maximum Gasteiger partial charge on any atom is 0.328 e. The third-order valence-corrected chi connectivity index (χ3v) is 6.84. The van der Waals surface area contributed by atoms with Crippen LogP contribution in [0.25, 0.3) is 0 Å². The van der Waals surface area contributed by atoms with Crippen molar-refractivity contribution in [2.24, 2.45) is 4.99 Å². The molecule has 2 saturated heterocycles. The number of benzene rings is 2. The van der Waals surface area contributed by atoms with Crippen molar-refractivity contribution in [2.45, 2.75) is 56.7 Å². The van der Waals surface area contributed by atoms with Gasteiger partial charge < -0.3 is 0 Å². The molecular formula is C25H28F2N4O. The number of hydrogen-bond acceptors (Lipinski definition) is 3. The summed E-state index contributed by atoms with van der Waals surface area (Å²) < 4.78 is 28.2. The first-order valence-corrected chi connectivity index (χ1v) is 11.5. The van der Waals surface area contributed by atoms with Crippen molar-refractivity contribution in [1.82, 2.24) is 10.2 Å². The van der Waals surface area contributed by atoms with E-state index in [2.05, 4.69) is 22.3 Å². The number of aliphatic imine (C=N–C) groups is 1. The number of amides is 2. The molecule has 1 saturated carbocycles. The number of carbonyl (C=O) groups excluding carboxylic acids is 1. The molecule has 5 nitrogen and oxygen atoms in total. The number of anilines is 1. The van der Waals surface area contributed by atoms with Gasteiger partial charge in [-0.05, 0) is 49.9 Å². The Kier molecular flexibility index (Phi) is 5.67. The van der Waals surface area contributed by atoms with E-state index in [-0.39, 0.29) is 17.8 Å². The smallest absolute Gasteiger partial charge is 0.296 e. The summed E-state index contributed by atoms with van der Waals surface area (Å²) >= 11 is 0. The lowest BCUT2D eigenvalue weighted by Crippen LogP contribution is -2.60. The first kappa shape index (κ1) is 21.1. The molecule has 5 rings (SSSR count). The Morgan fingerprint density at radius 3 is 2.47 bits per heavy atom. The van der Waals surface area contributed by atoms with Gasteiger partial charge in [0, 0.05) is 19.2 Å². The second-order valence-corrected chi connectivity index (χ2v) is 9.14. The van der Waals surface area contributed by atoms with E-state index in [0.29, 0.717) is 18.8 Å². The van der Waals surface area contributed by atoms with E-state index in [1.54, 1.807) is 4.90 Å². The molecule has 3 aliphatic rings. The number of halogens is 2. The Balaban J connectivity index is 1.54. The molecule has 1 unspecified atom stereocenters. The molecule has 1 atom stereocenters. The lowest BCUT2D eigenvalue weighted by Gasteiger charge is -2.44. The molecule has 2 amide bonds. The van der Waals surface area contributed by atoms with Crippen molar-refractivity contribution < 1.29 is 13.6 Å². The largest absolute Gasteiger partial charge is 0.328 e. The normalized spacial score (nSPS) is 25.8. The van der Waals surface area contributed by atoms with Gasteiger partial charge in [0.05, 0.1) is 11.7 Å². The summed E-state index contributed by atoms with van der Waals surface area (Å²) in [6.07, 6.45) is 5.86. The molecule has 3 fully saturated rings. The summed E-state index contributed by atoms with van der Waals surface area (Å²) in [7, 11) is 0. The highest BCUT2D eigenvalue weighted by molar-refractivity contribution is 6.19. The van der Waals surface area contributed by atoms with Gasteiger partial charge in [-0.3, -0.25) is 20.1 Å². The van der Waals surface area contributed by atoms with Gasteiger partial charge in [0.25, 0.3) is 0 Å². The van der Waals surface area contributed by atoms with Gasteiger partial charge in [0.15, 0.2) is 0 Å². The number of rotatable bonds is 4. The maximum atomic E-state index is 14.1. The highest BCUT2D eigenvalue weighted by Gasteiger charge is 2.54. The fourth-order valence-electron chi connectivity index (χ4n) is 5.45. The standard InChI is InChI=1S/C25H28F2N4O/c26-19-13-20(27)15-22(14-19)31-24(32)29-23(28-21-9-4-5-10-21)25(31)11-6-12-30(17-25)16-18-7-2-1-3-8-18/h1-3,7-8,13-15,21H,4-6,9-12,16-17H2,(H,28,29,32). The third-order valence-electron chi connectivity index (χ3n) is 6.84. The second-order valence-electron chi connectivity index (χ2n) is 9.14. The van der Waals surface area contributed by atoms with Crippen molar-refractivity contribution >= 4 is 17.6 Å². The van der Waals surface area contributed by atoms with Crippen LogP contribution in [0.15, 0.2) is 53.5 Å². The Morgan fingerprint density at radius 1 is 1.03 bits per heavy atom. The zero-order valence-corrected chi connectivity index (χ0v) is 18.1. The van der Waals surface area contributed by atoms with Gasteiger partial charge in [-0.1, -0.05) is 43.2 Å². The first-order valence-electron chi connectivity index (χ1n) is 11.5. The van der Waals surface area contributed by atoms with E-state index in [4.69, 9.17) is 4.99 Å². The summed E-state index contributed by atoms with van der Waals surface area (Å²) in [6.45, 7) is 2.20. The van der Waals surface area contributed by atoms with E-state index in [1.807, 2.05) is 18.2 Å². The lowest BCUT2D eigenvalue weighted by atomic mass is 9.86. The summed E-state index contributed by atoms with van der Waals surface area (Å²) in [5.41, 5.74) is 0.671. The topological polar surface area (TPSA) is 47.9 Å². The molecule has 2 heterocycles. The Hall–Kier alpha value is -2.80. The van der Waals surface area contributed by atoms with Crippen LogP contribution in [0.5, 0.6) is 0 Å². The van der Waals surface area contributed by atoms with Gasteiger partial charge in [0.2, 0.25) is 0 Å². The number of nitrogens with zero attached hydrogens (tertiary/aromatic N) is 3. The zero-order chi connectivity index (χ0) is 22.1. The van der Waals surface area contributed by atoms with Gasteiger partial charge in [-0.15, -0.1) is 0 Å². The van der Waals surface area contributed by atoms with Crippen LogP contribution < -0.4 is 10.2 Å². The molecule has 2 aromatic carbocycles. The number of piperidine rings is 1. The highest BCUT2D eigenvalue weighted by atomic mass is 19.1. The van der Waals surface area contributed by atoms with Gasteiger partial charge in [-0.2, -0.15) is 0 Å². The predicted molar refractivity (Wildman–Crippen MR) is 121 cm³/mol. The number of urea groups is 1. The van der Waals surface area contributed by atoms with Crippen LogP contribution in [0.2, 0.25) is 0 Å². The lowest BCUT2D eigenvalue weighted by molar-refractivity contribution is 0.176. The third kappa shape index (κ3) is 4.01. The molecular weight excluding hydrogens is 410 g/mol. The van der Waals surface area contributed by atoms with Crippen molar-refractivity contribution in [3.63, 3.8) is 0 Å². The Morgan fingerprint density at radius 2 is 1.75 bits per heavy atom. The Bertz CT molecular complexity index is 1000. The number of nitrogens with one attached hydrogen (secondary N) is 1. The summed E-state index contributed by atoms with van der Waals surface area (Å²) in [5.74, 6) is -0.737. The molecule has 0 radical (unpaired) electrons. The minimum absolute atomic E-state index is 0.191. The first-order chi connectivity index (χ1) is 15.5.